The molecule has 2 aromatic rings. The zero-order valence-corrected chi connectivity index (χ0v) is 19.1. The average molecular weight is 446 g/mol. The van der Waals surface area contributed by atoms with Gasteiger partial charge in [-0.1, -0.05) is 31.9 Å². The van der Waals surface area contributed by atoms with E-state index in [9.17, 15) is 14.4 Å². The van der Waals surface area contributed by atoms with Gasteiger partial charge in [-0.25, -0.2) is 14.4 Å². The van der Waals surface area contributed by atoms with Crippen molar-refractivity contribution in [3.8, 4) is 28.4 Å². The minimum Gasteiger partial charge on any atom is -0.423 e. The van der Waals surface area contributed by atoms with Crippen molar-refractivity contribution in [2.24, 2.45) is 0 Å². The van der Waals surface area contributed by atoms with Crippen LogP contribution < -0.4 is 14.2 Å². The van der Waals surface area contributed by atoms with E-state index in [0.717, 1.165) is 41.5 Å². The molecule has 0 aromatic heterocycles. The van der Waals surface area contributed by atoms with Crippen LogP contribution in [0, 0.1) is 0 Å². The van der Waals surface area contributed by atoms with E-state index in [1.807, 2.05) is 6.07 Å². The van der Waals surface area contributed by atoms with E-state index in [2.05, 4.69) is 19.7 Å². The summed E-state index contributed by atoms with van der Waals surface area (Å²) >= 11 is 0. The number of hydrogen-bond donors (Lipinski definition) is 0. The van der Waals surface area contributed by atoms with Crippen molar-refractivity contribution in [2.45, 2.75) is 40.0 Å². The van der Waals surface area contributed by atoms with Crippen LogP contribution >= 0.6 is 0 Å². The Hall–Kier alpha value is -3.93. The van der Waals surface area contributed by atoms with Gasteiger partial charge in [-0.15, -0.1) is 0 Å². The number of hydrogen-bond acceptors (Lipinski definition) is 6. The van der Waals surface area contributed by atoms with Crippen LogP contribution in [0.2, 0.25) is 0 Å². The van der Waals surface area contributed by atoms with Crippen molar-refractivity contribution < 1.29 is 28.6 Å². The number of esters is 3. The molecule has 0 saturated heterocycles. The molecule has 170 valence electrons. The third-order valence-corrected chi connectivity index (χ3v) is 5.15. The Bertz CT molecular complexity index is 1200. The average Bonchev–Trinajstić information content (AvgIpc) is 3.25. The van der Waals surface area contributed by atoms with Crippen molar-refractivity contribution in [3.63, 3.8) is 0 Å². The predicted octanol–water partition coefficient (Wildman–Crippen LogP) is 5.29. The molecule has 0 bridgehead atoms. The summed E-state index contributed by atoms with van der Waals surface area (Å²) in [5.74, 6) is -0.994. The SMILES string of the molecule is C=C(C)C(=O)Oc1ccc(-c2ccc(OC(=O)C(=C)C)c3c2CCC3)cc1OC(=O)C(=C)C. The van der Waals surface area contributed by atoms with Crippen molar-refractivity contribution >= 4 is 17.9 Å². The summed E-state index contributed by atoms with van der Waals surface area (Å²) in [4.78, 5) is 36.2. The molecule has 0 radical (unpaired) electrons. The maximum atomic E-state index is 12.2. The van der Waals surface area contributed by atoms with Gasteiger partial charge in [0.1, 0.15) is 5.75 Å². The molecule has 3 rings (SSSR count). The van der Waals surface area contributed by atoms with Crippen molar-refractivity contribution in [3.05, 3.63) is 77.9 Å². The standard InChI is InChI=1S/C27H26O6/c1-15(2)25(28)31-22-13-11-19(20-8-7-9-21(20)22)18-10-12-23(32-26(29)16(3)4)24(14-18)33-27(30)17(5)6/h10-14H,1,3,5,7-9H2,2,4,6H3. The number of rotatable bonds is 7. The van der Waals surface area contributed by atoms with E-state index in [4.69, 9.17) is 14.2 Å². The van der Waals surface area contributed by atoms with Gasteiger partial charge in [0, 0.05) is 16.7 Å². The molecule has 0 atom stereocenters. The molecule has 0 N–H and O–H groups in total. The summed E-state index contributed by atoms with van der Waals surface area (Å²) in [6.45, 7) is 15.5. The highest BCUT2D eigenvalue weighted by atomic mass is 16.6. The molecule has 1 aliphatic rings. The lowest BCUT2D eigenvalue weighted by atomic mass is 9.96. The Balaban J connectivity index is 2.04. The Morgan fingerprint density at radius 1 is 0.667 bits per heavy atom. The normalized spacial score (nSPS) is 11.8. The molecule has 1 aliphatic carbocycles. The van der Waals surface area contributed by atoms with Gasteiger partial charge in [-0.3, -0.25) is 0 Å². The van der Waals surface area contributed by atoms with E-state index < -0.39 is 17.9 Å². The monoisotopic (exact) mass is 446 g/mol. The van der Waals surface area contributed by atoms with Crippen molar-refractivity contribution in [1.29, 1.82) is 0 Å². The number of fused-ring (bicyclic) bond motifs is 1. The number of carbonyl (C=O) groups is 3. The third-order valence-electron chi connectivity index (χ3n) is 5.15. The van der Waals surface area contributed by atoms with Crippen molar-refractivity contribution in [2.75, 3.05) is 0 Å². The Morgan fingerprint density at radius 3 is 1.73 bits per heavy atom. The fourth-order valence-corrected chi connectivity index (χ4v) is 3.44. The lowest BCUT2D eigenvalue weighted by Gasteiger charge is -2.16. The van der Waals surface area contributed by atoms with Crippen LogP contribution in [-0.2, 0) is 27.2 Å². The van der Waals surface area contributed by atoms with Gasteiger partial charge in [-0.05, 0) is 80.5 Å². The van der Waals surface area contributed by atoms with Gasteiger partial charge in [0.25, 0.3) is 0 Å². The highest BCUT2D eigenvalue weighted by Gasteiger charge is 2.23. The maximum Gasteiger partial charge on any atom is 0.338 e. The fourth-order valence-electron chi connectivity index (χ4n) is 3.44. The first kappa shape index (κ1) is 23.7. The minimum absolute atomic E-state index is 0.0969. The van der Waals surface area contributed by atoms with Crippen LogP contribution in [0.3, 0.4) is 0 Å². The lowest BCUT2D eigenvalue weighted by Crippen LogP contribution is -2.13. The first-order chi connectivity index (χ1) is 15.6. The van der Waals surface area contributed by atoms with E-state index >= 15 is 0 Å². The topological polar surface area (TPSA) is 78.9 Å². The maximum absolute atomic E-state index is 12.2. The minimum atomic E-state index is -0.632. The Labute approximate surface area is 193 Å². The second kappa shape index (κ2) is 9.69. The number of carbonyl (C=O) groups excluding carboxylic acids is 3. The second-order valence-electron chi connectivity index (χ2n) is 8.09. The molecule has 6 heteroatoms. The van der Waals surface area contributed by atoms with Crippen LogP contribution in [0.25, 0.3) is 11.1 Å². The molecule has 0 fully saturated rings. The molecule has 0 heterocycles. The largest absolute Gasteiger partial charge is 0.423 e. The Morgan fingerprint density at radius 2 is 1.15 bits per heavy atom. The van der Waals surface area contributed by atoms with Crippen LogP contribution in [0.15, 0.2) is 66.8 Å². The van der Waals surface area contributed by atoms with Crippen molar-refractivity contribution in [1.82, 2.24) is 0 Å². The van der Waals surface area contributed by atoms with Gasteiger partial charge in [0.05, 0.1) is 0 Å². The first-order valence-electron chi connectivity index (χ1n) is 10.5. The van der Waals surface area contributed by atoms with Gasteiger partial charge >= 0.3 is 17.9 Å². The quantitative estimate of drug-likeness (QED) is 0.327. The van der Waals surface area contributed by atoms with Gasteiger partial charge in [0.15, 0.2) is 11.5 Å². The smallest absolute Gasteiger partial charge is 0.338 e. The molecule has 0 amide bonds. The molecular formula is C27H26O6. The van der Waals surface area contributed by atoms with Crippen LogP contribution in [0.4, 0.5) is 0 Å². The number of benzene rings is 2. The third kappa shape index (κ3) is 5.29. The van der Waals surface area contributed by atoms with Crippen LogP contribution in [-0.4, -0.2) is 17.9 Å². The molecule has 0 spiro atoms. The molecule has 0 saturated carbocycles. The summed E-state index contributed by atoms with van der Waals surface area (Å²) in [5.41, 5.74) is 4.48. The fraction of sp³-hybridized carbons (Fsp3) is 0.222. The molecular weight excluding hydrogens is 420 g/mol. The summed E-state index contributed by atoms with van der Waals surface area (Å²) in [5, 5.41) is 0. The first-order valence-corrected chi connectivity index (χ1v) is 10.5. The molecule has 0 unspecified atom stereocenters. The summed E-state index contributed by atoms with van der Waals surface area (Å²) < 4.78 is 16.3. The zero-order chi connectivity index (χ0) is 24.3. The van der Waals surface area contributed by atoms with E-state index in [1.54, 1.807) is 31.2 Å². The number of ether oxygens (including phenoxy) is 3. The zero-order valence-electron chi connectivity index (χ0n) is 19.1. The highest BCUT2D eigenvalue weighted by molar-refractivity contribution is 5.92. The molecule has 2 aromatic carbocycles. The highest BCUT2D eigenvalue weighted by Crippen LogP contribution is 2.41. The van der Waals surface area contributed by atoms with E-state index in [0.29, 0.717) is 11.3 Å². The second-order valence-corrected chi connectivity index (χ2v) is 8.09. The summed E-state index contributed by atoms with van der Waals surface area (Å²) in [7, 11) is 0. The molecule has 33 heavy (non-hydrogen) atoms. The molecule has 6 nitrogen and oxygen atoms in total. The van der Waals surface area contributed by atoms with Crippen LogP contribution in [0.1, 0.15) is 38.3 Å². The van der Waals surface area contributed by atoms with Gasteiger partial charge in [0.2, 0.25) is 0 Å². The Kier molecular flexibility index (Phi) is 6.97. The van der Waals surface area contributed by atoms with E-state index in [-0.39, 0.29) is 22.6 Å². The summed E-state index contributed by atoms with van der Waals surface area (Å²) in [6, 6.07) is 8.63. The van der Waals surface area contributed by atoms with Gasteiger partial charge in [-0.2, -0.15) is 0 Å². The van der Waals surface area contributed by atoms with E-state index in [1.165, 1.54) is 13.8 Å². The molecule has 0 aliphatic heterocycles. The lowest BCUT2D eigenvalue weighted by molar-refractivity contribution is -0.132. The van der Waals surface area contributed by atoms with Crippen LogP contribution in [0.5, 0.6) is 17.2 Å². The van der Waals surface area contributed by atoms with Gasteiger partial charge < -0.3 is 14.2 Å². The predicted molar refractivity (Wildman–Crippen MR) is 125 cm³/mol. The summed E-state index contributed by atoms with van der Waals surface area (Å²) in [6.07, 6.45) is 2.53.